The first kappa shape index (κ1) is 21.2. The third-order valence-electron chi connectivity index (χ3n) is 6.36. The topological polar surface area (TPSA) is 88.2 Å². The Kier molecular flexibility index (Phi) is 5.95. The third-order valence-corrected chi connectivity index (χ3v) is 6.36. The maximum atomic E-state index is 14.5. The smallest absolute Gasteiger partial charge is 0.255 e. The molecule has 2 aromatic rings. The standard InChI is InChI=1S/C25H26FN3O5/c26-20-5-4-16(13-28-8-10-33-11-9-28)12-17(20)15-34-22-3-1-2-18-19(22)14-29(25(18)32)21-6-7-23(30)27-24(21)31/h1-5,12,21H,6-11,13-15H2,(H,27,30,31)/t21-/m1/s1/i21D. The van der Waals surface area contributed by atoms with E-state index < -0.39 is 23.7 Å². The predicted molar refractivity (Wildman–Crippen MR) is 119 cm³/mol. The van der Waals surface area contributed by atoms with Crippen LogP contribution in [0.3, 0.4) is 0 Å². The van der Waals surface area contributed by atoms with Crippen LogP contribution in [-0.4, -0.2) is 59.8 Å². The molecule has 3 aliphatic rings. The number of nitrogens with zero attached hydrogens (tertiary/aromatic N) is 2. The number of ether oxygens (including phenoxy) is 2. The number of benzene rings is 2. The van der Waals surface area contributed by atoms with Gasteiger partial charge in [-0.3, -0.25) is 24.6 Å². The second kappa shape index (κ2) is 9.52. The van der Waals surface area contributed by atoms with Crippen LogP contribution in [0.4, 0.5) is 4.39 Å². The Morgan fingerprint density at radius 1 is 1.18 bits per heavy atom. The Bertz CT molecular complexity index is 1190. The van der Waals surface area contributed by atoms with Gasteiger partial charge in [-0.15, -0.1) is 0 Å². The van der Waals surface area contributed by atoms with Crippen LogP contribution in [0.15, 0.2) is 36.4 Å². The molecular formula is C25H26FN3O5. The van der Waals surface area contributed by atoms with E-state index in [-0.39, 0.29) is 31.8 Å². The van der Waals surface area contributed by atoms with Crippen molar-refractivity contribution in [2.45, 2.75) is 38.6 Å². The molecule has 0 radical (unpaired) electrons. The lowest BCUT2D eigenvalue weighted by Crippen LogP contribution is -2.52. The van der Waals surface area contributed by atoms with Crippen LogP contribution in [0, 0.1) is 5.82 Å². The first-order valence-corrected chi connectivity index (χ1v) is 11.3. The number of nitrogens with one attached hydrogen (secondary N) is 1. The average molecular weight is 469 g/mol. The summed E-state index contributed by atoms with van der Waals surface area (Å²) in [6.45, 7) is 3.68. The quantitative estimate of drug-likeness (QED) is 0.653. The Morgan fingerprint density at radius 2 is 2.00 bits per heavy atom. The minimum atomic E-state index is -1.87. The van der Waals surface area contributed by atoms with Gasteiger partial charge in [0.1, 0.15) is 24.2 Å². The number of carbonyl (C=O) groups excluding carboxylic acids is 3. The largest absolute Gasteiger partial charge is 0.488 e. The number of fused-ring (bicyclic) bond motifs is 1. The third kappa shape index (κ3) is 4.53. The van der Waals surface area contributed by atoms with Crippen LogP contribution in [0.25, 0.3) is 0 Å². The van der Waals surface area contributed by atoms with Crippen molar-refractivity contribution < 1.29 is 29.6 Å². The molecule has 3 heterocycles. The maximum Gasteiger partial charge on any atom is 0.255 e. The highest BCUT2D eigenvalue weighted by Gasteiger charge is 2.40. The van der Waals surface area contributed by atoms with Crippen LogP contribution in [0.2, 0.25) is 0 Å². The number of piperidine rings is 1. The zero-order chi connectivity index (χ0) is 24.6. The van der Waals surface area contributed by atoms with E-state index in [1.165, 1.54) is 6.07 Å². The molecule has 0 saturated carbocycles. The number of morpholine rings is 1. The molecule has 1 atom stereocenters. The second-order valence-electron chi connectivity index (χ2n) is 8.60. The average Bonchev–Trinajstić information content (AvgIpc) is 3.20. The summed E-state index contributed by atoms with van der Waals surface area (Å²) in [5.74, 6) is -1.72. The normalized spacial score (nSPS) is 23.5. The van der Waals surface area contributed by atoms with Crippen LogP contribution < -0.4 is 10.1 Å². The summed E-state index contributed by atoms with van der Waals surface area (Å²) in [4.78, 5) is 40.4. The van der Waals surface area contributed by atoms with E-state index in [1.54, 1.807) is 30.3 Å². The molecule has 0 aromatic heterocycles. The van der Waals surface area contributed by atoms with Crippen molar-refractivity contribution >= 4 is 17.7 Å². The molecule has 1 N–H and O–H groups in total. The van der Waals surface area contributed by atoms with E-state index in [4.69, 9.17) is 10.8 Å². The fraction of sp³-hybridized carbons (Fsp3) is 0.400. The van der Waals surface area contributed by atoms with Gasteiger partial charge in [0.05, 0.1) is 21.1 Å². The summed E-state index contributed by atoms with van der Waals surface area (Å²) in [7, 11) is 0. The molecule has 3 amide bonds. The highest BCUT2D eigenvalue weighted by molar-refractivity contribution is 6.05. The zero-order valence-electron chi connectivity index (χ0n) is 19.6. The van der Waals surface area contributed by atoms with E-state index in [0.29, 0.717) is 42.2 Å². The molecule has 0 aliphatic carbocycles. The van der Waals surface area contributed by atoms with Gasteiger partial charge >= 0.3 is 0 Å². The van der Waals surface area contributed by atoms with Crippen molar-refractivity contribution in [2.75, 3.05) is 26.3 Å². The Hall–Kier alpha value is -3.30. The van der Waals surface area contributed by atoms with Crippen molar-refractivity contribution in [3.63, 3.8) is 0 Å². The molecule has 0 spiro atoms. The van der Waals surface area contributed by atoms with E-state index >= 15 is 0 Å². The summed E-state index contributed by atoms with van der Waals surface area (Å²) >= 11 is 0. The van der Waals surface area contributed by atoms with Gasteiger partial charge in [-0.1, -0.05) is 12.1 Å². The van der Waals surface area contributed by atoms with Crippen LogP contribution >= 0.6 is 0 Å². The van der Waals surface area contributed by atoms with Gasteiger partial charge in [-0.25, -0.2) is 4.39 Å². The molecule has 5 rings (SSSR count). The van der Waals surface area contributed by atoms with Crippen LogP contribution in [0.5, 0.6) is 5.75 Å². The second-order valence-corrected chi connectivity index (χ2v) is 8.60. The van der Waals surface area contributed by atoms with Crippen molar-refractivity contribution in [3.8, 4) is 5.75 Å². The van der Waals surface area contributed by atoms with E-state index in [9.17, 15) is 18.8 Å². The maximum absolute atomic E-state index is 14.5. The van der Waals surface area contributed by atoms with Crippen LogP contribution in [0.1, 0.15) is 41.3 Å². The SMILES string of the molecule is [2H][C@@]1(N2Cc3c(OCc4cc(CN5CCOCC5)ccc4F)cccc3C2=O)CCC(=O)NC1=O. The van der Waals surface area contributed by atoms with Crippen LogP contribution in [-0.2, 0) is 34.0 Å². The van der Waals surface area contributed by atoms with Gasteiger partial charge in [0.15, 0.2) is 0 Å². The Morgan fingerprint density at radius 3 is 2.79 bits per heavy atom. The van der Waals surface area contributed by atoms with Gasteiger partial charge in [0.25, 0.3) is 5.91 Å². The molecule has 178 valence electrons. The highest BCUT2D eigenvalue weighted by Crippen LogP contribution is 2.34. The molecule has 2 saturated heterocycles. The van der Waals surface area contributed by atoms with E-state index in [2.05, 4.69) is 10.2 Å². The van der Waals surface area contributed by atoms with Crippen molar-refractivity contribution in [1.82, 2.24) is 15.1 Å². The Labute approximate surface area is 198 Å². The fourth-order valence-electron chi connectivity index (χ4n) is 4.53. The lowest BCUT2D eigenvalue weighted by molar-refractivity contribution is -0.136. The lowest BCUT2D eigenvalue weighted by Gasteiger charge is -2.29. The minimum Gasteiger partial charge on any atom is -0.488 e. The Balaban J connectivity index is 1.32. The van der Waals surface area contributed by atoms with Gasteiger partial charge in [-0.2, -0.15) is 0 Å². The summed E-state index contributed by atoms with van der Waals surface area (Å²) < 4.78 is 34.5. The van der Waals surface area contributed by atoms with Crippen molar-refractivity contribution in [1.29, 1.82) is 0 Å². The summed E-state index contributed by atoms with van der Waals surface area (Å²) in [5.41, 5.74) is 2.25. The molecule has 3 aliphatic heterocycles. The van der Waals surface area contributed by atoms with E-state index in [0.717, 1.165) is 23.6 Å². The molecular weight excluding hydrogens is 441 g/mol. The molecule has 9 heteroatoms. The number of carbonyl (C=O) groups is 3. The lowest BCUT2D eigenvalue weighted by atomic mass is 10.0. The summed E-state index contributed by atoms with van der Waals surface area (Å²) in [6, 6.07) is 8.06. The number of hydrogen-bond acceptors (Lipinski definition) is 6. The first-order valence-electron chi connectivity index (χ1n) is 11.8. The number of halogens is 1. The number of imide groups is 1. The number of amides is 3. The molecule has 8 nitrogen and oxygen atoms in total. The summed E-state index contributed by atoms with van der Waals surface area (Å²) in [5, 5.41) is 2.15. The zero-order valence-corrected chi connectivity index (χ0v) is 18.6. The predicted octanol–water partition coefficient (Wildman–Crippen LogP) is 2.00. The minimum absolute atomic E-state index is 0.00496. The number of rotatable bonds is 6. The van der Waals surface area contributed by atoms with Gasteiger partial charge in [-0.05, 0) is 36.2 Å². The monoisotopic (exact) mass is 468 g/mol. The molecule has 34 heavy (non-hydrogen) atoms. The summed E-state index contributed by atoms with van der Waals surface area (Å²) in [6.07, 6.45) is -0.0898. The van der Waals surface area contributed by atoms with Gasteiger partial charge in [0.2, 0.25) is 11.8 Å². The van der Waals surface area contributed by atoms with Gasteiger partial charge in [0, 0.05) is 42.7 Å². The van der Waals surface area contributed by atoms with Crippen molar-refractivity contribution in [3.05, 3.63) is 64.5 Å². The molecule has 2 aromatic carbocycles. The van der Waals surface area contributed by atoms with E-state index in [1.807, 2.05) is 0 Å². The molecule has 0 bridgehead atoms. The fourth-order valence-corrected chi connectivity index (χ4v) is 4.53. The van der Waals surface area contributed by atoms with Gasteiger partial charge < -0.3 is 14.4 Å². The highest BCUT2D eigenvalue weighted by atomic mass is 19.1. The molecule has 2 fully saturated rings. The molecule has 0 unspecified atom stereocenters. The first-order chi connectivity index (χ1) is 16.8. The van der Waals surface area contributed by atoms with Crippen molar-refractivity contribution in [2.24, 2.45) is 0 Å². The number of hydrogen-bond donors (Lipinski definition) is 1.